The van der Waals surface area contributed by atoms with Crippen molar-refractivity contribution in [3.63, 3.8) is 0 Å². The second-order valence-electron chi connectivity index (χ2n) is 7.46. The first-order chi connectivity index (χ1) is 12.3. The van der Waals surface area contributed by atoms with E-state index in [1.165, 1.54) is 77.0 Å². The summed E-state index contributed by atoms with van der Waals surface area (Å²) in [5.41, 5.74) is 0. The van der Waals surface area contributed by atoms with Crippen LogP contribution in [0.2, 0.25) is 0 Å². The smallest absolute Gasteiger partial charge is 0.125 e. The molecule has 0 radical (unpaired) electrons. The molecule has 0 aliphatic carbocycles. The Balaban J connectivity index is 1.84. The lowest BCUT2D eigenvalue weighted by Gasteiger charge is -2.23. The summed E-state index contributed by atoms with van der Waals surface area (Å²) < 4.78 is 0. The van der Waals surface area contributed by atoms with Gasteiger partial charge in [-0.1, -0.05) is 83.3 Å². The Kier molecular flexibility index (Phi) is 13.7. The summed E-state index contributed by atoms with van der Waals surface area (Å²) in [6.45, 7) is 5.81. The summed E-state index contributed by atoms with van der Waals surface area (Å²) >= 11 is 0. The fourth-order valence-corrected chi connectivity index (χ4v) is 3.51. The van der Waals surface area contributed by atoms with Crippen LogP contribution in [-0.2, 0) is 0 Å². The predicted molar refractivity (Wildman–Crippen MR) is 110 cm³/mol. The number of aliphatic hydroxyl groups excluding tert-OH is 1. The monoisotopic (exact) mass is 350 g/mol. The van der Waals surface area contributed by atoms with Crippen LogP contribution in [-0.4, -0.2) is 35.2 Å². The van der Waals surface area contributed by atoms with Crippen molar-refractivity contribution >= 4 is 5.84 Å². The molecule has 0 saturated heterocycles. The summed E-state index contributed by atoms with van der Waals surface area (Å²) in [6.07, 6.45) is 22.9. The molecule has 1 N–H and O–H groups in total. The van der Waals surface area contributed by atoms with Crippen LogP contribution in [0.3, 0.4) is 0 Å². The Labute approximate surface area is 156 Å². The molecule has 0 amide bonds. The van der Waals surface area contributed by atoms with Crippen molar-refractivity contribution in [1.82, 2.24) is 4.90 Å². The summed E-state index contributed by atoms with van der Waals surface area (Å²) in [5.74, 6) is 1.08. The lowest BCUT2D eigenvalue weighted by molar-refractivity contribution is 0.0767. The van der Waals surface area contributed by atoms with E-state index in [4.69, 9.17) is 0 Å². The van der Waals surface area contributed by atoms with Gasteiger partial charge >= 0.3 is 0 Å². The number of unbranched alkanes of at least 4 members (excludes halogenated alkanes) is 11. The fourth-order valence-electron chi connectivity index (χ4n) is 3.51. The molecule has 0 spiro atoms. The molecule has 0 fully saturated rings. The van der Waals surface area contributed by atoms with Crippen LogP contribution in [0.15, 0.2) is 17.1 Å². The molecule has 1 atom stereocenters. The van der Waals surface area contributed by atoms with E-state index < -0.39 is 6.23 Å². The second-order valence-corrected chi connectivity index (χ2v) is 7.46. The zero-order chi connectivity index (χ0) is 18.2. The number of amidine groups is 1. The molecule has 0 bridgehead atoms. The minimum atomic E-state index is -0.401. The third-order valence-corrected chi connectivity index (χ3v) is 5.09. The van der Waals surface area contributed by atoms with E-state index in [1.54, 1.807) is 0 Å². The quantitative estimate of drug-likeness (QED) is 0.270. The van der Waals surface area contributed by atoms with E-state index in [0.29, 0.717) is 0 Å². The highest BCUT2D eigenvalue weighted by Crippen LogP contribution is 2.13. The predicted octanol–water partition coefficient (Wildman–Crippen LogP) is 6.08. The third-order valence-electron chi connectivity index (χ3n) is 5.09. The maximum atomic E-state index is 9.68. The van der Waals surface area contributed by atoms with Gasteiger partial charge in [0.25, 0.3) is 0 Å². The van der Waals surface area contributed by atoms with Gasteiger partial charge in [0.2, 0.25) is 0 Å². The van der Waals surface area contributed by atoms with Gasteiger partial charge in [0.05, 0.1) is 6.54 Å². The lowest BCUT2D eigenvalue weighted by atomic mass is 10.1. The largest absolute Gasteiger partial charge is 0.374 e. The van der Waals surface area contributed by atoms with Gasteiger partial charge in [-0.25, -0.2) is 0 Å². The van der Waals surface area contributed by atoms with Gasteiger partial charge in [-0.15, -0.1) is 0 Å². The number of nitrogens with zero attached hydrogens (tertiary/aromatic N) is 2. The Hall–Kier alpha value is -0.830. The fraction of sp³-hybridized carbons (Fsp3) is 0.864. The highest BCUT2D eigenvalue weighted by Gasteiger charge is 2.19. The molecule has 25 heavy (non-hydrogen) atoms. The van der Waals surface area contributed by atoms with Crippen molar-refractivity contribution in [2.75, 3.05) is 13.1 Å². The third kappa shape index (κ3) is 11.4. The van der Waals surface area contributed by atoms with Crippen molar-refractivity contribution in [2.45, 2.75) is 110 Å². The van der Waals surface area contributed by atoms with E-state index >= 15 is 0 Å². The Morgan fingerprint density at radius 1 is 0.920 bits per heavy atom. The van der Waals surface area contributed by atoms with Gasteiger partial charge in [0.1, 0.15) is 12.1 Å². The number of aliphatic imine (C=N–C) groups is 1. The zero-order valence-corrected chi connectivity index (χ0v) is 16.9. The zero-order valence-electron chi connectivity index (χ0n) is 16.9. The molecule has 1 aliphatic rings. The normalized spacial score (nSPS) is 16.0. The second kappa shape index (κ2) is 15.4. The maximum absolute atomic E-state index is 9.68. The molecule has 3 heteroatoms. The topological polar surface area (TPSA) is 35.8 Å². The standard InChI is InChI=1S/C22H42N2O/c1-3-4-5-6-7-8-9-10-11-12-13-14-15-16-17-18-22-23-19-20-24(22)21(2)25/h15-16,21,25H,3-14,17-20H2,1-2H3/b16-15+. The first-order valence-electron chi connectivity index (χ1n) is 10.9. The first-order valence-corrected chi connectivity index (χ1v) is 10.9. The van der Waals surface area contributed by atoms with E-state index in [9.17, 15) is 5.11 Å². The van der Waals surface area contributed by atoms with Crippen molar-refractivity contribution in [1.29, 1.82) is 0 Å². The summed E-state index contributed by atoms with van der Waals surface area (Å²) in [4.78, 5) is 6.50. The lowest BCUT2D eigenvalue weighted by Crippen LogP contribution is -2.35. The molecule has 3 nitrogen and oxygen atoms in total. The molecule has 0 saturated carbocycles. The van der Waals surface area contributed by atoms with Crippen LogP contribution in [0.1, 0.15) is 104 Å². The van der Waals surface area contributed by atoms with Gasteiger partial charge < -0.3 is 10.0 Å². The van der Waals surface area contributed by atoms with Gasteiger partial charge in [-0.2, -0.15) is 0 Å². The van der Waals surface area contributed by atoms with Crippen LogP contribution >= 0.6 is 0 Å². The average molecular weight is 351 g/mol. The van der Waals surface area contributed by atoms with Crippen LogP contribution in [0.25, 0.3) is 0 Å². The molecule has 0 aromatic heterocycles. The number of hydrogen-bond donors (Lipinski definition) is 1. The minimum absolute atomic E-state index is 0.401. The summed E-state index contributed by atoms with van der Waals surface area (Å²) in [5, 5.41) is 9.68. The van der Waals surface area contributed by atoms with E-state index in [0.717, 1.165) is 31.8 Å². The van der Waals surface area contributed by atoms with Gasteiger partial charge in [0.15, 0.2) is 0 Å². The molecule has 1 aliphatic heterocycles. The van der Waals surface area contributed by atoms with Gasteiger partial charge in [0, 0.05) is 13.0 Å². The van der Waals surface area contributed by atoms with E-state index in [2.05, 4.69) is 24.1 Å². The molecule has 1 unspecified atom stereocenters. The number of hydrogen-bond acceptors (Lipinski definition) is 3. The van der Waals surface area contributed by atoms with Gasteiger partial charge in [-0.05, 0) is 26.2 Å². The molecule has 0 aromatic rings. The molecular weight excluding hydrogens is 308 g/mol. The Morgan fingerprint density at radius 3 is 2.08 bits per heavy atom. The average Bonchev–Trinajstić information content (AvgIpc) is 3.07. The minimum Gasteiger partial charge on any atom is -0.374 e. The van der Waals surface area contributed by atoms with Crippen molar-refractivity contribution in [3.8, 4) is 0 Å². The molecule has 0 aromatic carbocycles. The number of aliphatic hydroxyl groups is 1. The van der Waals surface area contributed by atoms with Crippen molar-refractivity contribution in [3.05, 3.63) is 12.2 Å². The molecular formula is C22H42N2O. The van der Waals surface area contributed by atoms with E-state index in [1.807, 2.05) is 11.8 Å². The van der Waals surface area contributed by atoms with Crippen molar-refractivity contribution < 1.29 is 5.11 Å². The summed E-state index contributed by atoms with van der Waals surface area (Å²) in [7, 11) is 0. The van der Waals surface area contributed by atoms with Gasteiger partial charge in [-0.3, -0.25) is 4.99 Å². The van der Waals surface area contributed by atoms with Crippen LogP contribution < -0.4 is 0 Å². The highest BCUT2D eigenvalue weighted by molar-refractivity contribution is 5.84. The van der Waals surface area contributed by atoms with Crippen LogP contribution in [0, 0.1) is 0 Å². The molecule has 1 rings (SSSR count). The van der Waals surface area contributed by atoms with Crippen LogP contribution in [0.5, 0.6) is 0 Å². The molecule has 146 valence electrons. The SMILES string of the molecule is CCCCCCCCCCCCC/C=C/CCC1=NCCN1C(C)O. The first kappa shape index (κ1) is 22.2. The van der Waals surface area contributed by atoms with Crippen molar-refractivity contribution in [2.24, 2.45) is 4.99 Å². The van der Waals surface area contributed by atoms with Crippen LogP contribution in [0.4, 0.5) is 0 Å². The molecule has 1 heterocycles. The highest BCUT2D eigenvalue weighted by atomic mass is 16.3. The number of allylic oxidation sites excluding steroid dienone is 2. The van der Waals surface area contributed by atoms with E-state index in [-0.39, 0.29) is 0 Å². The summed E-state index contributed by atoms with van der Waals surface area (Å²) in [6, 6.07) is 0. The Bertz CT molecular complexity index is 363. The number of rotatable bonds is 16. The maximum Gasteiger partial charge on any atom is 0.125 e. The Morgan fingerprint density at radius 2 is 1.48 bits per heavy atom.